The molecule has 1 aliphatic rings. The maximum absolute atomic E-state index is 12.0. The summed E-state index contributed by atoms with van der Waals surface area (Å²) in [5, 5.41) is 0. The van der Waals surface area contributed by atoms with Gasteiger partial charge in [-0.25, -0.2) is 9.98 Å². The van der Waals surface area contributed by atoms with Gasteiger partial charge < -0.3 is 0 Å². The SMILES string of the molecule is Cc1cccc(N=CC2C(=O)CC(C)(C)CC2=O)n1. The highest BCUT2D eigenvalue weighted by Gasteiger charge is 2.38. The molecule has 1 heterocycles. The van der Waals surface area contributed by atoms with Gasteiger partial charge in [0.1, 0.15) is 17.5 Å². The molecule has 0 bridgehead atoms. The number of hydrogen-bond acceptors (Lipinski definition) is 4. The average Bonchev–Trinajstić information content (AvgIpc) is 2.26. The Morgan fingerprint density at radius 2 is 1.89 bits per heavy atom. The first-order valence-corrected chi connectivity index (χ1v) is 6.41. The van der Waals surface area contributed by atoms with Crippen LogP contribution in [-0.2, 0) is 9.59 Å². The molecule has 0 atom stereocenters. The molecule has 1 saturated carbocycles. The summed E-state index contributed by atoms with van der Waals surface area (Å²) in [5.41, 5.74) is 0.636. The number of aryl methyl sites for hydroxylation is 1. The van der Waals surface area contributed by atoms with Crippen molar-refractivity contribution in [2.24, 2.45) is 16.3 Å². The van der Waals surface area contributed by atoms with E-state index in [1.165, 1.54) is 6.21 Å². The summed E-state index contributed by atoms with van der Waals surface area (Å²) in [7, 11) is 0. The van der Waals surface area contributed by atoms with E-state index < -0.39 is 5.92 Å². The fourth-order valence-electron chi connectivity index (χ4n) is 2.32. The molecule has 0 saturated heterocycles. The van der Waals surface area contributed by atoms with Crippen LogP contribution in [0.25, 0.3) is 0 Å². The molecule has 0 amide bonds. The third-order valence-electron chi connectivity index (χ3n) is 3.23. The topological polar surface area (TPSA) is 59.4 Å². The van der Waals surface area contributed by atoms with E-state index in [1.54, 1.807) is 6.07 Å². The summed E-state index contributed by atoms with van der Waals surface area (Å²) in [6, 6.07) is 5.48. The quantitative estimate of drug-likeness (QED) is 0.605. The molecule has 1 aromatic rings. The standard InChI is InChI=1S/C15H18N2O2/c1-10-5-4-6-14(17-10)16-9-11-12(18)7-15(2,3)8-13(11)19/h4-6,9,11H,7-8H2,1-3H3. The van der Waals surface area contributed by atoms with E-state index in [1.807, 2.05) is 32.9 Å². The second-order valence-electron chi connectivity index (χ2n) is 5.84. The van der Waals surface area contributed by atoms with Gasteiger partial charge in [-0.3, -0.25) is 9.59 Å². The molecule has 0 spiro atoms. The van der Waals surface area contributed by atoms with Crippen molar-refractivity contribution in [3.63, 3.8) is 0 Å². The largest absolute Gasteiger partial charge is 0.298 e. The lowest BCUT2D eigenvalue weighted by atomic mass is 9.72. The lowest BCUT2D eigenvalue weighted by molar-refractivity contribution is -0.136. The van der Waals surface area contributed by atoms with Crippen LogP contribution >= 0.6 is 0 Å². The van der Waals surface area contributed by atoms with Crippen LogP contribution in [0.4, 0.5) is 5.82 Å². The molecule has 4 heteroatoms. The molecule has 19 heavy (non-hydrogen) atoms. The predicted octanol–water partition coefficient (Wildman–Crippen LogP) is 2.67. The van der Waals surface area contributed by atoms with Gasteiger partial charge in [0, 0.05) is 24.8 Å². The Hall–Kier alpha value is -1.84. The Balaban J connectivity index is 2.15. The van der Waals surface area contributed by atoms with E-state index >= 15 is 0 Å². The highest BCUT2D eigenvalue weighted by atomic mass is 16.2. The van der Waals surface area contributed by atoms with Gasteiger partial charge in [0.05, 0.1) is 0 Å². The molecular formula is C15H18N2O2. The third kappa shape index (κ3) is 3.34. The van der Waals surface area contributed by atoms with E-state index in [-0.39, 0.29) is 17.0 Å². The van der Waals surface area contributed by atoms with E-state index in [9.17, 15) is 9.59 Å². The van der Waals surface area contributed by atoms with Crippen molar-refractivity contribution in [2.45, 2.75) is 33.6 Å². The van der Waals surface area contributed by atoms with Crippen molar-refractivity contribution >= 4 is 23.6 Å². The number of ketones is 2. The van der Waals surface area contributed by atoms with E-state index in [0.29, 0.717) is 18.7 Å². The van der Waals surface area contributed by atoms with Gasteiger partial charge in [0.2, 0.25) is 0 Å². The molecule has 0 aromatic carbocycles. The predicted molar refractivity (Wildman–Crippen MR) is 73.6 cm³/mol. The Morgan fingerprint density at radius 3 is 2.47 bits per heavy atom. The molecule has 1 aliphatic carbocycles. The monoisotopic (exact) mass is 258 g/mol. The highest BCUT2D eigenvalue weighted by molar-refractivity contribution is 6.16. The second-order valence-corrected chi connectivity index (χ2v) is 5.84. The number of Topliss-reactive ketones (excluding diaryl/α,β-unsaturated/α-hetero) is 2. The van der Waals surface area contributed by atoms with Crippen LogP contribution < -0.4 is 0 Å². The summed E-state index contributed by atoms with van der Waals surface area (Å²) < 4.78 is 0. The molecule has 0 radical (unpaired) electrons. The first kappa shape index (κ1) is 13.6. The molecule has 0 N–H and O–H groups in total. The van der Waals surface area contributed by atoms with Crippen molar-refractivity contribution in [2.75, 3.05) is 0 Å². The maximum atomic E-state index is 12.0. The molecule has 0 aliphatic heterocycles. The Kier molecular flexibility index (Phi) is 3.60. The first-order valence-electron chi connectivity index (χ1n) is 6.41. The normalized spacial score (nSPS) is 20.2. The Morgan fingerprint density at radius 1 is 1.26 bits per heavy atom. The summed E-state index contributed by atoms with van der Waals surface area (Å²) in [6.45, 7) is 5.76. The van der Waals surface area contributed by atoms with Gasteiger partial charge >= 0.3 is 0 Å². The Bertz CT molecular complexity index is 527. The van der Waals surface area contributed by atoms with Crippen molar-refractivity contribution in [1.29, 1.82) is 0 Å². The van der Waals surface area contributed by atoms with Gasteiger partial charge in [0.25, 0.3) is 0 Å². The van der Waals surface area contributed by atoms with Crippen LogP contribution in [0, 0.1) is 18.3 Å². The van der Waals surface area contributed by atoms with Crippen LogP contribution in [0.15, 0.2) is 23.2 Å². The molecule has 1 fully saturated rings. The zero-order valence-electron chi connectivity index (χ0n) is 11.5. The zero-order valence-corrected chi connectivity index (χ0v) is 11.5. The van der Waals surface area contributed by atoms with Crippen LogP contribution in [0.1, 0.15) is 32.4 Å². The minimum atomic E-state index is -0.699. The number of carbonyl (C=O) groups excluding carboxylic acids is 2. The lowest BCUT2D eigenvalue weighted by Gasteiger charge is -2.30. The van der Waals surface area contributed by atoms with Gasteiger partial charge in [-0.1, -0.05) is 19.9 Å². The second kappa shape index (κ2) is 5.03. The van der Waals surface area contributed by atoms with Gasteiger partial charge in [-0.05, 0) is 24.5 Å². The summed E-state index contributed by atoms with van der Waals surface area (Å²) in [5.74, 6) is -0.254. The maximum Gasteiger partial charge on any atom is 0.151 e. The van der Waals surface area contributed by atoms with E-state index in [2.05, 4.69) is 9.98 Å². The van der Waals surface area contributed by atoms with Crippen molar-refractivity contribution in [3.8, 4) is 0 Å². The molecular weight excluding hydrogens is 240 g/mol. The summed E-state index contributed by atoms with van der Waals surface area (Å²) in [4.78, 5) is 32.3. The summed E-state index contributed by atoms with van der Waals surface area (Å²) >= 11 is 0. The number of carbonyl (C=O) groups is 2. The smallest absolute Gasteiger partial charge is 0.151 e. The van der Waals surface area contributed by atoms with Crippen LogP contribution in [-0.4, -0.2) is 22.8 Å². The van der Waals surface area contributed by atoms with Gasteiger partial charge in [-0.15, -0.1) is 0 Å². The van der Waals surface area contributed by atoms with E-state index in [0.717, 1.165) is 5.69 Å². The van der Waals surface area contributed by atoms with Crippen LogP contribution in [0.3, 0.4) is 0 Å². The van der Waals surface area contributed by atoms with Crippen molar-refractivity contribution < 1.29 is 9.59 Å². The first-order chi connectivity index (χ1) is 8.87. The fourth-order valence-corrected chi connectivity index (χ4v) is 2.32. The molecule has 1 aromatic heterocycles. The van der Waals surface area contributed by atoms with Crippen molar-refractivity contribution in [3.05, 3.63) is 23.9 Å². The average molecular weight is 258 g/mol. The van der Waals surface area contributed by atoms with E-state index in [4.69, 9.17) is 0 Å². The zero-order chi connectivity index (χ0) is 14.0. The molecule has 2 rings (SSSR count). The van der Waals surface area contributed by atoms with Crippen LogP contribution in [0.2, 0.25) is 0 Å². The Labute approximate surface area is 113 Å². The minimum absolute atomic E-state index is 0.0438. The van der Waals surface area contributed by atoms with Gasteiger partial charge in [0.15, 0.2) is 5.82 Å². The third-order valence-corrected chi connectivity index (χ3v) is 3.23. The summed E-state index contributed by atoms with van der Waals surface area (Å²) in [6.07, 6.45) is 2.30. The fraction of sp³-hybridized carbons (Fsp3) is 0.467. The number of nitrogens with zero attached hydrogens (tertiary/aromatic N) is 2. The highest BCUT2D eigenvalue weighted by Crippen LogP contribution is 2.33. The molecule has 4 nitrogen and oxygen atoms in total. The molecule has 0 unspecified atom stereocenters. The number of pyridine rings is 1. The number of aliphatic imine (C=N–C) groups is 1. The number of hydrogen-bond donors (Lipinski definition) is 0. The van der Waals surface area contributed by atoms with Crippen molar-refractivity contribution in [1.82, 2.24) is 4.98 Å². The van der Waals surface area contributed by atoms with Crippen LogP contribution in [0.5, 0.6) is 0 Å². The lowest BCUT2D eigenvalue weighted by Crippen LogP contribution is -2.38. The number of aromatic nitrogens is 1. The molecule has 100 valence electrons. The number of rotatable bonds is 2. The minimum Gasteiger partial charge on any atom is -0.298 e. The van der Waals surface area contributed by atoms with Gasteiger partial charge in [-0.2, -0.15) is 0 Å².